The molecule has 4 heteroatoms. The summed E-state index contributed by atoms with van der Waals surface area (Å²) < 4.78 is 5.32. The van der Waals surface area contributed by atoms with Crippen LogP contribution in [-0.2, 0) is 9.53 Å². The summed E-state index contributed by atoms with van der Waals surface area (Å²) in [5, 5.41) is 6.36. The van der Waals surface area contributed by atoms with E-state index in [2.05, 4.69) is 10.6 Å². The van der Waals surface area contributed by atoms with Crippen molar-refractivity contribution in [3.63, 3.8) is 0 Å². The van der Waals surface area contributed by atoms with Crippen molar-refractivity contribution in [3.8, 4) is 0 Å². The average molecular weight is 212 g/mol. The van der Waals surface area contributed by atoms with Gasteiger partial charge in [-0.15, -0.1) is 0 Å². The first-order valence-corrected chi connectivity index (χ1v) is 5.92. The summed E-state index contributed by atoms with van der Waals surface area (Å²) in [6, 6.07) is 0.359. The van der Waals surface area contributed by atoms with Crippen LogP contribution in [0, 0.1) is 5.92 Å². The molecule has 2 aliphatic heterocycles. The minimum atomic E-state index is 0.200. The first-order valence-electron chi connectivity index (χ1n) is 5.92. The Morgan fingerprint density at radius 1 is 1.47 bits per heavy atom. The van der Waals surface area contributed by atoms with Crippen molar-refractivity contribution >= 4 is 5.91 Å². The summed E-state index contributed by atoms with van der Waals surface area (Å²) in [7, 11) is 0. The molecule has 0 saturated carbocycles. The van der Waals surface area contributed by atoms with Gasteiger partial charge in [-0.05, 0) is 31.7 Å². The Morgan fingerprint density at radius 2 is 2.40 bits per heavy atom. The van der Waals surface area contributed by atoms with Crippen LogP contribution in [0.25, 0.3) is 0 Å². The molecule has 0 bridgehead atoms. The standard InChI is InChI=1S/C11H20N2O2/c14-11-2-1-10(13-11)7-12-5-3-9-4-6-15-8-9/h9-10,12H,1-8H2,(H,13,14). The van der Waals surface area contributed by atoms with E-state index < -0.39 is 0 Å². The van der Waals surface area contributed by atoms with E-state index in [1.54, 1.807) is 0 Å². The molecule has 0 aromatic heterocycles. The number of rotatable bonds is 5. The van der Waals surface area contributed by atoms with Gasteiger partial charge in [-0.3, -0.25) is 4.79 Å². The molecule has 2 unspecified atom stereocenters. The minimum absolute atomic E-state index is 0.200. The Kier molecular flexibility index (Phi) is 3.97. The number of carbonyl (C=O) groups is 1. The van der Waals surface area contributed by atoms with Crippen LogP contribution in [0.2, 0.25) is 0 Å². The van der Waals surface area contributed by atoms with Crippen LogP contribution in [0.4, 0.5) is 0 Å². The Morgan fingerprint density at radius 3 is 3.07 bits per heavy atom. The van der Waals surface area contributed by atoms with Gasteiger partial charge in [0.2, 0.25) is 5.91 Å². The lowest BCUT2D eigenvalue weighted by atomic mass is 10.1. The number of hydrogen-bond acceptors (Lipinski definition) is 3. The number of amides is 1. The molecule has 2 N–H and O–H groups in total. The van der Waals surface area contributed by atoms with Gasteiger partial charge in [0.05, 0.1) is 0 Å². The van der Waals surface area contributed by atoms with Crippen molar-refractivity contribution in [2.45, 2.75) is 31.7 Å². The molecule has 2 atom stereocenters. The quantitative estimate of drug-likeness (QED) is 0.644. The second-order valence-corrected chi connectivity index (χ2v) is 4.53. The summed E-state index contributed by atoms with van der Waals surface area (Å²) in [4.78, 5) is 10.9. The van der Waals surface area contributed by atoms with Crippen molar-refractivity contribution in [2.75, 3.05) is 26.3 Å². The topological polar surface area (TPSA) is 50.4 Å². The molecule has 86 valence electrons. The zero-order valence-corrected chi connectivity index (χ0v) is 9.13. The Balaban J connectivity index is 1.49. The average Bonchev–Trinajstić information content (AvgIpc) is 2.84. The van der Waals surface area contributed by atoms with Gasteiger partial charge in [0.1, 0.15) is 0 Å². The van der Waals surface area contributed by atoms with Crippen molar-refractivity contribution < 1.29 is 9.53 Å². The Labute approximate surface area is 90.8 Å². The predicted molar refractivity (Wildman–Crippen MR) is 57.6 cm³/mol. The normalized spacial score (nSPS) is 30.8. The van der Waals surface area contributed by atoms with Gasteiger partial charge in [0.25, 0.3) is 0 Å². The molecule has 0 aromatic carbocycles. The number of nitrogens with one attached hydrogen (secondary N) is 2. The fourth-order valence-electron chi connectivity index (χ4n) is 2.22. The fourth-order valence-corrected chi connectivity index (χ4v) is 2.22. The van der Waals surface area contributed by atoms with Crippen LogP contribution in [0.15, 0.2) is 0 Å². The molecule has 0 aliphatic carbocycles. The highest BCUT2D eigenvalue weighted by molar-refractivity contribution is 5.78. The van der Waals surface area contributed by atoms with Gasteiger partial charge in [-0.25, -0.2) is 0 Å². The molecule has 2 saturated heterocycles. The molecule has 2 fully saturated rings. The van der Waals surface area contributed by atoms with Crippen LogP contribution in [0.5, 0.6) is 0 Å². The molecule has 2 heterocycles. The summed E-state index contributed by atoms with van der Waals surface area (Å²) in [6.45, 7) is 3.82. The second-order valence-electron chi connectivity index (χ2n) is 4.53. The lowest BCUT2D eigenvalue weighted by Gasteiger charge is -2.12. The van der Waals surface area contributed by atoms with E-state index in [1.165, 1.54) is 12.8 Å². The third-order valence-electron chi connectivity index (χ3n) is 3.23. The lowest BCUT2D eigenvalue weighted by Crippen LogP contribution is -2.36. The molecule has 2 rings (SSSR count). The summed E-state index contributed by atoms with van der Waals surface area (Å²) in [6.07, 6.45) is 4.09. The molecule has 0 aromatic rings. The van der Waals surface area contributed by atoms with Crippen molar-refractivity contribution in [2.24, 2.45) is 5.92 Å². The molecule has 4 nitrogen and oxygen atoms in total. The number of hydrogen-bond donors (Lipinski definition) is 2. The Hall–Kier alpha value is -0.610. The highest BCUT2D eigenvalue weighted by Crippen LogP contribution is 2.15. The predicted octanol–water partition coefficient (Wildman–Crippen LogP) is 0.281. The van der Waals surface area contributed by atoms with E-state index in [-0.39, 0.29) is 5.91 Å². The largest absolute Gasteiger partial charge is 0.381 e. The molecule has 2 aliphatic rings. The molecular formula is C11H20N2O2. The first kappa shape index (κ1) is 10.9. The van der Waals surface area contributed by atoms with Gasteiger partial charge in [0, 0.05) is 32.2 Å². The van der Waals surface area contributed by atoms with E-state index >= 15 is 0 Å². The summed E-state index contributed by atoms with van der Waals surface area (Å²) >= 11 is 0. The van der Waals surface area contributed by atoms with Gasteiger partial charge in [-0.2, -0.15) is 0 Å². The van der Waals surface area contributed by atoms with Gasteiger partial charge >= 0.3 is 0 Å². The van der Waals surface area contributed by atoms with Crippen LogP contribution < -0.4 is 10.6 Å². The first-order chi connectivity index (χ1) is 7.34. The van der Waals surface area contributed by atoms with Crippen molar-refractivity contribution in [1.29, 1.82) is 0 Å². The number of carbonyl (C=O) groups excluding carboxylic acids is 1. The van der Waals surface area contributed by atoms with E-state index in [0.29, 0.717) is 12.5 Å². The van der Waals surface area contributed by atoms with Crippen LogP contribution >= 0.6 is 0 Å². The second kappa shape index (κ2) is 5.47. The van der Waals surface area contributed by atoms with Crippen LogP contribution in [0.1, 0.15) is 25.7 Å². The van der Waals surface area contributed by atoms with Crippen LogP contribution in [-0.4, -0.2) is 38.3 Å². The Bertz CT molecular complexity index is 215. The maximum Gasteiger partial charge on any atom is 0.220 e. The fraction of sp³-hybridized carbons (Fsp3) is 0.909. The zero-order chi connectivity index (χ0) is 10.5. The van der Waals surface area contributed by atoms with Gasteiger partial charge < -0.3 is 15.4 Å². The minimum Gasteiger partial charge on any atom is -0.381 e. The van der Waals surface area contributed by atoms with E-state index in [1.807, 2.05) is 0 Å². The van der Waals surface area contributed by atoms with Gasteiger partial charge in [0.15, 0.2) is 0 Å². The van der Waals surface area contributed by atoms with E-state index in [9.17, 15) is 4.79 Å². The van der Waals surface area contributed by atoms with Gasteiger partial charge in [-0.1, -0.05) is 0 Å². The summed E-state index contributed by atoms with van der Waals surface area (Å²) in [5.74, 6) is 0.946. The molecule has 0 radical (unpaired) electrons. The van der Waals surface area contributed by atoms with E-state index in [4.69, 9.17) is 4.74 Å². The van der Waals surface area contributed by atoms with Crippen molar-refractivity contribution in [3.05, 3.63) is 0 Å². The monoisotopic (exact) mass is 212 g/mol. The smallest absolute Gasteiger partial charge is 0.220 e. The highest BCUT2D eigenvalue weighted by atomic mass is 16.5. The molecule has 15 heavy (non-hydrogen) atoms. The third kappa shape index (κ3) is 3.47. The maximum absolute atomic E-state index is 10.9. The highest BCUT2D eigenvalue weighted by Gasteiger charge is 2.20. The maximum atomic E-state index is 10.9. The SMILES string of the molecule is O=C1CCC(CNCCC2CCOC2)N1. The van der Waals surface area contributed by atoms with Crippen LogP contribution in [0.3, 0.4) is 0 Å². The van der Waals surface area contributed by atoms with E-state index in [0.717, 1.165) is 38.6 Å². The van der Waals surface area contributed by atoms with Crippen molar-refractivity contribution in [1.82, 2.24) is 10.6 Å². The lowest BCUT2D eigenvalue weighted by molar-refractivity contribution is -0.119. The summed E-state index contributed by atoms with van der Waals surface area (Å²) in [5.41, 5.74) is 0. The molecule has 0 spiro atoms. The third-order valence-corrected chi connectivity index (χ3v) is 3.23. The zero-order valence-electron chi connectivity index (χ0n) is 9.13. The number of ether oxygens (including phenoxy) is 1. The molecule has 1 amide bonds. The molecular weight excluding hydrogens is 192 g/mol.